The van der Waals surface area contributed by atoms with Gasteiger partial charge in [0.1, 0.15) is 12.3 Å². The molecule has 0 aromatic heterocycles. The molecule has 1 aliphatic rings. The molecule has 0 radical (unpaired) electrons. The highest BCUT2D eigenvalue weighted by atomic mass is 127. The third-order valence-electron chi connectivity index (χ3n) is 3.18. The van der Waals surface area contributed by atoms with Gasteiger partial charge in [0.2, 0.25) is 0 Å². The van der Waals surface area contributed by atoms with Crippen LogP contribution in [-0.2, 0) is 15.1 Å². The van der Waals surface area contributed by atoms with E-state index in [-0.39, 0.29) is 24.0 Å². The Hall–Kier alpha value is -0.590. The van der Waals surface area contributed by atoms with Gasteiger partial charge in [0.05, 0.1) is 21.1 Å². The zero-order valence-corrected chi connectivity index (χ0v) is 14.2. The molecular weight excluding hydrogens is 353 g/mol. The van der Waals surface area contributed by atoms with Crippen LogP contribution in [0.2, 0.25) is 0 Å². The molecule has 4 heteroatoms. The average molecular weight is 375 g/mol. The smallest absolute Gasteiger partial charge is 0.190 e. The van der Waals surface area contributed by atoms with Crippen molar-refractivity contribution < 1.29 is 37.9 Å². The Morgan fingerprint density at radius 2 is 1.84 bits per heavy atom. The van der Waals surface area contributed by atoms with Crippen molar-refractivity contribution in [2.45, 2.75) is 12.5 Å². The third kappa shape index (κ3) is 3.94. The number of likely N-dealkylation sites (N-methyl/N-ethyl adjacent to an activating group) is 1. The first-order valence-corrected chi connectivity index (χ1v) is 6.25. The number of quaternary nitrogens is 1. The molecule has 3 nitrogen and oxygen atoms in total. The second-order valence-corrected chi connectivity index (χ2v) is 5.85. The lowest BCUT2D eigenvalue weighted by molar-refractivity contribution is -0.864. The molecule has 1 fully saturated rings. The maximum Gasteiger partial charge on any atom is 0.190 e. The minimum atomic E-state index is -0.448. The van der Waals surface area contributed by atoms with Crippen LogP contribution in [0.3, 0.4) is 0 Å². The molecule has 1 aromatic carbocycles. The van der Waals surface area contributed by atoms with Crippen LogP contribution in [0.5, 0.6) is 0 Å². The van der Waals surface area contributed by atoms with Gasteiger partial charge in [0.25, 0.3) is 0 Å². The summed E-state index contributed by atoms with van der Waals surface area (Å²) < 4.78 is 12.3. The molecule has 0 saturated carbocycles. The van der Waals surface area contributed by atoms with Gasteiger partial charge in [-0.2, -0.15) is 0 Å². The summed E-state index contributed by atoms with van der Waals surface area (Å²) in [5, 5.41) is 0. The molecule has 0 spiro atoms. The van der Waals surface area contributed by atoms with Gasteiger partial charge >= 0.3 is 0 Å². The summed E-state index contributed by atoms with van der Waals surface area (Å²) in [6, 6.07) is 10.2. The first-order chi connectivity index (χ1) is 8.42. The van der Waals surface area contributed by atoms with Crippen molar-refractivity contribution in [3.05, 3.63) is 47.7 Å². The minimum Gasteiger partial charge on any atom is -1.00 e. The van der Waals surface area contributed by atoms with Crippen LogP contribution in [-0.4, -0.2) is 39.0 Å². The quantitative estimate of drug-likeness (QED) is 0.524. The van der Waals surface area contributed by atoms with E-state index in [0.717, 1.165) is 22.4 Å². The van der Waals surface area contributed by atoms with Gasteiger partial charge in [-0.15, -0.1) is 0 Å². The van der Waals surface area contributed by atoms with Crippen LogP contribution in [0, 0.1) is 0 Å². The first-order valence-electron chi connectivity index (χ1n) is 6.25. The van der Waals surface area contributed by atoms with E-state index < -0.39 is 5.60 Å². The van der Waals surface area contributed by atoms with E-state index >= 15 is 0 Å². The minimum absolute atomic E-state index is 0. The number of halogens is 1. The van der Waals surface area contributed by atoms with Crippen LogP contribution in [0.1, 0.15) is 12.5 Å². The Kier molecular flexibility index (Phi) is 5.41. The fourth-order valence-electron chi connectivity index (χ4n) is 2.01. The van der Waals surface area contributed by atoms with Crippen molar-refractivity contribution in [1.82, 2.24) is 0 Å². The Balaban J connectivity index is 0.00000180. The Morgan fingerprint density at radius 1 is 1.21 bits per heavy atom. The monoisotopic (exact) mass is 375 g/mol. The summed E-state index contributed by atoms with van der Waals surface area (Å²) in [4.78, 5) is 0. The average Bonchev–Trinajstić information content (AvgIpc) is 2.70. The van der Waals surface area contributed by atoms with Crippen molar-refractivity contribution >= 4 is 0 Å². The second kappa shape index (κ2) is 6.24. The number of rotatable bonds is 3. The molecule has 0 bridgehead atoms. The summed E-state index contributed by atoms with van der Waals surface area (Å²) in [6.45, 7) is 3.31. The summed E-state index contributed by atoms with van der Waals surface area (Å²) >= 11 is 0. The molecule has 106 valence electrons. The molecule has 1 unspecified atom stereocenters. The van der Waals surface area contributed by atoms with Crippen LogP contribution in [0.4, 0.5) is 0 Å². The number of hydrogen-bond donors (Lipinski definition) is 0. The van der Waals surface area contributed by atoms with Crippen LogP contribution in [0.15, 0.2) is 42.2 Å². The maximum absolute atomic E-state index is 5.81. The van der Waals surface area contributed by atoms with E-state index in [1.807, 2.05) is 18.2 Å². The fourth-order valence-corrected chi connectivity index (χ4v) is 2.01. The standard InChI is InChI=1S/C15H22NO2.HI/c1-15(13-8-6-5-7-9-13)14(17-12-18-15)10-11-16(2,3)4;/h5-10H,11-12H2,1-4H3;1H/q+1;/p-1/b14-10-;. The number of hydrogen-bond acceptors (Lipinski definition) is 2. The van der Waals surface area contributed by atoms with Crippen molar-refractivity contribution in [3.63, 3.8) is 0 Å². The second-order valence-electron chi connectivity index (χ2n) is 5.85. The molecule has 2 rings (SSSR count). The summed E-state index contributed by atoms with van der Waals surface area (Å²) in [7, 11) is 6.48. The normalized spacial score (nSPS) is 24.9. The molecule has 1 atom stereocenters. The molecular formula is C15H22INO2. The molecule has 0 amide bonds. The largest absolute Gasteiger partial charge is 1.00 e. The molecule has 1 heterocycles. The number of ether oxygens (including phenoxy) is 2. The van der Waals surface area contributed by atoms with Gasteiger partial charge in [0, 0.05) is 6.08 Å². The predicted molar refractivity (Wildman–Crippen MR) is 71.8 cm³/mol. The number of nitrogens with zero attached hydrogens (tertiary/aromatic N) is 1. The van der Waals surface area contributed by atoms with Crippen molar-refractivity contribution in [3.8, 4) is 0 Å². The zero-order valence-electron chi connectivity index (χ0n) is 12.0. The van der Waals surface area contributed by atoms with Gasteiger partial charge in [-0.05, 0) is 12.5 Å². The highest BCUT2D eigenvalue weighted by molar-refractivity contribution is 5.30. The summed E-state index contributed by atoms with van der Waals surface area (Å²) in [6.07, 6.45) is 2.14. The van der Waals surface area contributed by atoms with E-state index in [0.29, 0.717) is 6.79 Å². The lowest BCUT2D eigenvalue weighted by Crippen LogP contribution is -3.00. The molecule has 0 aliphatic carbocycles. The molecule has 19 heavy (non-hydrogen) atoms. The van der Waals surface area contributed by atoms with E-state index in [1.54, 1.807) is 0 Å². The van der Waals surface area contributed by atoms with Crippen molar-refractivity contribution in [2.24, 2.45) is 0 Å². The molecule has 1 aromatic rings. The van der Waals surface area contributed by atoms with Gasteiger partial charge in [-0.3, -0.25) is 0 Å². The summed E-state index contributed by atoms with van der Waals surface area (Å²) in [5.74, 6) is 0.918. The number of benzene rings is 1. The topological polar surface area (TPSA) is 18.5 Å². The highest BCUT2D eigenvalue weighted by Gasteiger charge is 2.39. The Bertz CT molecular complexity index is 439. The van der Waals surface area contributed by atoms with E-state index in [9.17, 15) is 0 Å². The first kappa shape index (κ1) is 16.5. The Labute approximate surface area is 132 Å². The lowest BCUT2D eigenvalue weighted by atomic mass is 9.93. The lowest BCUT2D eigenvalue weighted by Gasteiger charge is -2.25. The van der Waals surface area contributed by atoms with Crippen LogP contribution < -0.4 is 24.0 Å². The maximum atomic E-state index is 5.81. The van der Waals surface area contributed by atoms with Crippen molar-refractivity contribution in [1.29, 1.82) is 0 Å². The van der Waals surface area contributed by atoms with Gasteiger partial charge in [-0.25, -0.2) is 0 Å². The molecule has 1 saturated heterocycles. The molecule has 0 N–H and O–H groups in total. The van der Waals surface area contributed by atoms with Gasteiger partial charge in [-0.1, -0.05) is 30.3 Å². The van der Waals surface area contributed by atoms with E-state index in [4.69, 9.17) is 9.47 Å². The van der Waals surface area contributed by atoms with E-state index in [1.165, 1.54) is 0 Å². The zero-order chi connectivity index (χ0) is 13.2. The third-order valence-corrected chi connectivity index (χ3v) is 3.18. The highest BCUT2D eigenvalue weighted by Crippen LogP contribution is 2.38. The van der Waals surface area contributed by atoms with Crippen LogP contribution >= 0.6 is 0 Å². The predicted octanol–water partition coefficient (Wildman–Crippen LogP) is -0.500. The Morgan fingerprint density at radius 3 is 2.42 bits per heavy atom. The van der Waals surface area contributed by atoms with Crippen molar-refractivity contribution in [2.75, 3.05) is 34.5 Å². The van der Waals surface area contributed by atoms with E-state index in [2.05, 4.69) is 46.3 Å². The van der Waals surface area contributed by atoms with Gasteiger partial charge in [0.15, 0.2) is 12.4 Å². The SMILES string of the molecule is CC1(c2ccccc2)OCO/C1=C\C[N+](C)(C)C.[I-]. The van der Waals surface area contributed by atoms with Gasteiger partial charge < -0.3 is 37.9 Å². The molecule has 1 aliphatic heterocycles. The fraction of sp³-hybridized carbons (Fsp3) is 0.467. The van der Waals surface area contributed by atoms with Crippen LogP contribution in [0.25, 0.3) is 0 Å². The summed E-state index contributed by atoms with van der Waals surface area (Å²) in [5.41, 5.74) is 0.686.